The molecule has 138 valence electrons. The monoisotopic (exact) mass is 360 g/mol. The summed E-state index contributed by atoms with van der Waals surface area (Å²) in [5.74, 6) is -0.792. The fourth-order valence-electron chi connectivity index (χ4n) is 2.91. The van der Waals surface area contributed by atoms with Crippen LogP contribution in [0.1, 0.15) is 28.5 Å². The summed E-state index contributed by atoms with van der Waals surface area (Å²) in [5.41, 5.74) is 5.79. The van der Waals surface area contributed by atoms with Crippen LogP contribution in [0.25, 0.3) is 0 Å². The van der Waals surface area contributed by atoms with Gasteiger partial charge in [0.05, 0.1) is 30.2 Å². The lowest BCUT2D eigenvalue weighted by atomic mass is 10.1. The van der Waals surface area contributed by atoms with E-state index in [0.717, 1.165) is 17.7 Å². The van der Waals surface area contributed by atoms with Crippen molar-refractivity contribution in [3.63, 3.8) is 0 Å². The van der Waals surface area contributed by atoms with Gasteiger partial charge in [0, 0.05) is 32.0 Å². The van der Waals surface area contributed by atoms with E-state index in [0.29, 0.717) is 24.4 Å². The summed E-state index contributed by atoms with van der Waals surface area (Å²) in [4.78, 5) is 16.0. The number of hydrazine groups is 1. The molecule has 0 bridgehead atoms. The van der Waals surface area contributed by atoms with Crippen LogP contribution in [-0.2, 0) is 9.47 Å². The SMILES string of the molecule is COCCCN1NC(Nc2cnccc2C(=O)OC)c2cc(F)ccc21. The minimum atomic E-state index is -0.468. The summed E-state index contributed by atoms with van der Waals surface area (Å²) in [5, 5.41) is 5.16. The van der Waals surface area contributed by atoms with Crippen LogP contribution in [0.15, 0.2) is 36.7 Å². The van der Waals surface area contributed by atoms with E-state index in [2.05, 4.69) is 15.7 Å². The summed E-state index contributed by atoms with van der Waals surface area (Å²) in [6.45, 7) is 1.32. The third-order valence-corrected chi connectivity index (χ3v) is 4.13. The van der Waals surface area contributed by atoms with Gasteiger partial charge in [-0.25, -0.2) is 14.6 Å². The average Bonchev–Trinajstić information content (AvgIpc) is 2.98. The predicted octanol–water partition coefficient (Wildman–Crippen LogP) is 2.48. The van der Waals surface area contributed by atoms with E-state index >= 15 is 0 Å². The average molecular weight is 360 g/mol. The van der Waals surface area contributed by atoms with Crippen molar-refractivity contribution in [1.82, 2.24) is 10.4 Å². The van der Waals surface area contributed by atoms with Crippen LogP contribution in [0.2, 0.25) is 0 Å². The van der Waals surface area contributed by atoms with Gasteiger partial charge in [-0.3, -0.25) is 4.98 Å². The number of rotatable bonds is 7. The molecule has 7 nitrogen and oxygen atoms in total. The van der Waals surface area contributed by atoms with Crippen molar-refractivity contribution in [3.8, 4) is 0 Å². The number of methoxy groups -OCH3 is 2. The van der Waals surface area contributed by atoms with Crippen LogP contribution in [0.4, 0.5) is 15.8 Å². The maximum Gasteiger partial charge on any atom is 0.340 e. The first-order valence-electron chi connectivity index (χ1n) is 8.25. The van der Waals surface area contributed by atoms with Gasteiger partial charge in [-0.1, -0.05) is 0 Å². The molecule has 3 rings (SSSR count). The number of carbonyl (C=O) groups excluding carboxylic acids is 1. The standard InChI is InChI=1S/C18H21FN4O3/c1-25-9-3-8-23-16-5-4-12(19)10-14(16)17(22-23)21-15-11-20-7-6-13(15)18(24)26-2/h4-7,10-11,17,21-22H,3,8-9H2,1-2H3. The number of ether oxygens (including phenoxy) is 2. The van der Waals surface area contributed by atoms with E-state index in [9.17, 15) is 9.18 Å². The summed E-state index contributed by atoms with van der Waals surface area (Å²) in [7, 11) is 2.98. The molecule has 8 heteroatoms. The Hall–Kier alpha value is -2.71. The van der Waals surface area contributed by atoms with E-state index in [1.165, 1.54) is 25.4 Å². The number of nitrogens with one attached hydrogen (secondary N) is 2. The molecule has 1 aromatic carbocycles. The van der Waals surface area contributed by atoms with Gasteiger partial charge in [-0.15, -0.1) is 0 Å². The number of hydrogen-bond acceptors (Lipinski definition) is 7. The first kappa shape index (κ1) is 18.1. The normalized spacial score (nSPS) is 15.7. The number of fused-ring (bicyclic) bond motifs is 1. The molecule has 0 radical (unpaired) electrons. The number of esters is 1. The number of carbonyl (C=O) groups is 1. The lowest BCUT2D eigenvalue weighted by Crippen LogP contribution is -2.38. The minimum absolute atomic E-state index is 0.324. The molecule has 1 unspecified atom stereocenters. The number of aromatic nitrogens is 1. The number of pyridine rings is 1. The zero-order chi connectivity index (χ0) is 18.5. The van der Waals surface area contributed by atoms with Crippen LogP contribution in [0.5, 0.6) is 0 Å². The molecule has 26 heavy (non-hydrogen) atoms. The molecule has 0 spiro atoms. The van der Waals surface area contributed by atoms with Crippen LogP contribution in [-0.4, -0.2) is 38.3 Å². The van der Waals surface area contributed by atoms with Crippen molar-refractivity contribution in [1.29, 1.82) is 0 Å². The number of anilines is 2. The summed E-state index contributed by atoms with van der Waals surface area (Å²) < 4.78 is 23.7. The zero-order valence-electron chi connectivity index (χ0n) is 14.7. The summed E-state index contributed by atoms with van der Waals surface area (Å²) in [6.07, 6.45) is 3.47. The topological polar surface area (TPSA) is 75.7 Å². The first-order chi connectivity index (χ1) is 12.6. The van der Waals surface area contributed by atoms with Crippen molar-refractivity contribution in [3.05, 3.63) is 53.6 Å². The predicted molar refractivity (Wildman–Crippen MR) is 95.3 cm³/mol. The first-order valence-corrected chi connectivity index (χ1v) is 8.25. The van der Waals surface area contributed by atoms with Gasteiger partial charge < -0.3 is 19.8 Å². The Morgan fingerprint density at radius 2 is 2.23 bits per heavy atom. The highest BCUT2D eigenvalue weighted by Crippen LogP contribution is 2.34. The van der Waals surface area contributed by atoms with Crippen molar-refractivity contribution < 1.29 is 18.7 Å². The van der Waals surface area contributed by atoms with Gasteiger partial charge in [0.15, 0.2) is 0 Å². The van der Waals surface area contributed by atoms with Gasteiger partial charge in [-0.05, 0) is 30.7 Å². The Kier molecular flexibility index (Phi) is 5.65. The maximum absolute atomic E-state index is 13.8. The number of halogens is 1. The maximum atomic E-state index is 13.8. The molecule has 2 heterocycles. The van der Waals surface area contributed by atoms with E-state index in [1.807, 2.05) is 5.01 Å². The van der Waals surface area contributed by atoms with E-state index in [-0.39, 0.29) is 5.82 Å². The molecule has 0 saturated carbocycles. The summed E-state index contributed by atoms with van der Waals surface area (Å²) >= 11 is 0. The molecule has 0 amide bonds. The van der Waals surface area contributed by atoms with Gasteiger partial charge in [0.2, 0.25) is 0 Å². The second kappa shape index (κ2) is 8.11. The van der Waals surface area contributed by atoms with Gasteiger partial charge in [-0.2, -0.15) is 0 Å². The van der Waals surface area contributed by atoms with Crippen molar-refractivity contribution in [2.75, 3.05) is 37.7 Å². The number of benzene rings is 1. The molecule has 1 aliphatic rings. The molecule has 0 saturated heterocycles. The minimum Gasteiger partial charge on any atom is -0.465 e. The molecular formula is C18H21FN4O3. The lowest BCUT2D eigenvalue weighted by molar-refractivity contribution is 0.0601. The Morgan fingerprint density at radius 1 is 1.38 bits per heavy atom. The van der Waals surface area contributed by atoms with Crippen LogP contribution in [0.3, 0.4) is 0 Å². The molecule has 1 aromatic heterocycles. The van der Waals surface area contributed by atoms with E-state index < -0.39 is 12.1 Å². The Balaban J connectivity index is 1.85. The second-order valence-electron chi connectivity index (χ2n) is 5.82. The van der Waals surface area contributed by atoms with Gasteiger partial charge in [0.25, 0.3) is 0 Å². The van der Waals surface area contributed by atoms with Crippen LogP contribution >= 0.6 is 0 Å². The Labute approximate surface area is 151 Å². The molecule has 2 N–H and O–H groups in total. The molecule has 0 aliphatic carbocycles. The highest BCUT2D eigenvalue weighted by Gasteiger charge is 2.29. The zero-order valence-corrected chi connectivity index (χ0v) is 14.7. The molecule has 1 aliphatic heterocycles. The van der Waals surface area contributed by atoms with Gasteiger partial charge >= 0.3 is 5.97 Å². The Bertz CT molecular complexity index is 787. The third-order valence-electron chi connectivity index (χ3n) is 4.13. The highest BCUT2D eigenvalue weighted by molar-refractivity contribution is 5.95. The third kappa shape index (κ3) is 3.76. The number of nitrogens with zero attached hydrogens (tertiary/aromatic N) is 2. The quantitative estimate of drug-likeness (QED) is 0.580. The molecular weight excluding hydrogens is 339 g/mol. The second-order valence-corrected chi connectivity index (χ2v) is 5.82. The highest BCUT2D eigenvalue weighted by atomic mass is 19.1. The van der Waals surface area contributed by atoms with Crippen molar-refractivity contribution in [2.45, 2.75) is 12.6 Å². The van der Waals surface area contributed by atoms with Crippen LogP contribution in [0, 0.1) is 5.82 Å². The fourth-order valence-corrected chi connectivity index (χ4v) is 2.91. The van der Waals surface area contributed by atoms with Crippen LogP contribution < -0.4 is 15.8 Å². The Morgan fingerprint density at radius 3 is 3.00 bits per heavy atom. The molecule has 1 atom stereocenters. The lowest BCUT2D eigenvalue weighted by Gasteiger charge is -2.22. The molecule has 2 aromatic rings. The van der Waals surface area contributed by atoms with Crippen molar-refractivity contribution >= 4 is 17.3 Å². The molecule has 0 fully saturated rings. The van der Waals surface area contributed by atoms with E-state index in [1.54, 1.807) is 25.4 Å². The summed E-state index contributed by atoms with van der Waals surface area (Å²) in [6, 6.07) is 6.21. The fraction of sp³-hybridized carbons (Fsp3) is 0.333. The van der Waals surface area contributed by atoms with E-state index in [4.69, 9.17) is 9.47 Å². The largest absolute Gasteiger partial charge is 0.465 e. The van der Waals surface area contributed by atoms with Gasteiger partial charge in [0.1, 0.15) is 12.0 Å². The smallest absolute Gasteiger partial charge is 0.340 e. The number of hydrogen-bond donors (Lipinski definition) is 2. The van der Waals surface area contributed by atoms with Crippen molar-refractivity contribution in [2.24, 2.45) is 0 Å².